The van der Waals surface area contributed by atoms with Crippen LogP contribution in [0.25, 0.3) is 0 Å². The summed E-state index contributed by atoms with van der Waals surface area (Å²) in [4.78, 5) is 22.5. The van der Waals surface area contributed by atoms with Crippen LogP contribution >= 0.6 is 0 Å². The summed E-state index contributed by atoms with van der Waals surface area (Å²) in [5, 5.41) is 18.4. The van der Waals surface area contributed by atoms with Gasteiger partial charge in [0.2, 0.25) is 0 Å². The van der Waals surface area contributed by atoms with Crippen LogP contribution in [-0.2, 0) is 9.59 Å². The van der Waals surface area contributed by atoms with Crippen LogP contribution in [0.2, 0.25) is 0 Å². The molecule has 4 N–H and O–H groups in total. The van der Waals surface area contributed by atoms with Gasteiger partial charge in [0.05, 0.1) is 5.41 Å². The second-order valence-corrected chi connectivity index (χ2v) is 5.41. The Morgan fingerprint density at radius 2 is 1.88 bits per heavy atom. The van der Waals surface area contributed by atoms with Gasteiger partial charge in [-0.3, -0.25) is 9.59 Å². The summed E-state index contributed by atoms with van der Waals surface area (Å²) in [6, 6.07) is 0. The van der Waals surface area contributed by atoms with Crippen molar-refractivity contribution in [2.45, 2.75) is 39.2 Å². The quantitative estimate of drug-likeness (QED) is 0.645. The molecule has 0 aromatic carbocycles. The van der Waals surface area contributed by atoms with Gasteiger partial charge in [-0.1, -0.05) is 25.5 Å². The molecule has 96 valence electrons. The van der Waals surface area contributed by atoms with E-state index in [-0.39, 0.29) is 18.8 Å². The van der Waals surface area contributed by atoms with Gasteiger partial charge in [0.25, 0.3) is 0 Å². The number of carboxylic acids is 2. The van der Waals surface area contributed by atoms with Crippen molar-refractivity contribution in [1.29, 1.82) is 0 Å². The highest BCUT2D eigenvalue weighted by Crippen LogP contribution is 2.41. The Hall–Kier alpha value is -1.36. The zero-order valence-corrected chi connectivity index (χ0v) is 10.4. The molecule has 2 atom stereocenters. The third-order valence-electron chi connectivity index (χ3n) is 3.36. The van der Waals surface area contributed by atoms with E-state index in [0.29, 0.717) is 0 Å². The van der Waals surface area contributed by atoms with Crippen molar-refractivity contribution in [2.75, 3.05) is 0 Å². The van der Waals surface area contributed by atoms with Crippen molar-refractivity contribution in [3.05, 3.63) is 11.6 Å². The zero-order valence-electron chi connectivity index (χ0n) is 10.4. The number of carbonyl (C=O) groups is 2. The van der Waals surface area contributed by atoms with Gasteiger partial charge >= 0.3 is 11.9 Å². The van der Waals surface area contributed by atoms with Gasteiger partial charge in [0.15, 0.2) is 0 Å². The lowest BCUT2D eigenvalue weighted by atomic mass is 9.67. The highest BCUT2D eigenvalue weighted by Gasteiger charge is 2.48. The molecule has 2 unspecified atom stereocenters. The minimum absolute atomic E-state index is 0.0825. The zero-order chi connectivity index (χ0) is 13.4. The average Bonchev–Trinajstić information content (AvgIpc) is 2.15. The molecule has 0 radical (unpaired) electrons. The van der Waals surface area contributed by atoms with E-state index in [1.165, 1.54) is 6.92 Å². The number of nitrogens with two attached hydrogens (primary N) is 1. The summed E-state index contributed by atoms with van der Waals surface area (Å²) in [7, 11) is 0. The standard InChI is InChI=1S/C12H19NO4/c1-7(2)8-4-11(3,9(14)15)6-12(13,5-8)10(16)17/h4,7H,5-6,13H2,1-3H3,(H,14,15)(H,16,17). The Morgan fingerprint density at radius 3 is 2.24 bits per heavy atom. The molecule has 0 aromatic heterocycles. The second kappa shape index (κ2) is 4.14. The van der Waals surface area contributed by atoms with Gasteiger partial charge in [-0.2, -0.15) is 0 Å². The summed E-state index contributed by atoms with van der Waals surface area (Å²) >= 11 is 0. The minimum Gasteiger partial charge on any atom is -0.481 e. The first-order valence-corrected chi connectivity index (χ1v) is 5.58. The maximum absolute atomic E-state index is 11.3. The smallest absolute Gasteiger partial charge is 0.324 e. The van der Waals surface area contributed by atoms with Crippen molar-refractivity contribution in [3.63, 3.8) is 0 Å². The van der Waals surface area contributed by atoms with Crippen LogP contribution in [-0.4, -0.2) is 27.7 Å². The Labute approximate surface area is 100 Å². The fourth-order valence-corrected chi connectivity index (χ4v) is 2.25. The monoisotopic (exact) mass is 241 g/mol. The Kier molecular flexibility index (Phi) is 3.34. The third kappa shape index (κ3) is 2.49. The number of hydrogen-bond acceptors (Lipinski definition) is 3. The number of hydrogen-bond donors (Lipinski definition) is 3. The molecule has 0 aromatic rings. The van der Waals surface area contributed by atoms with E-state index in [2.05, 4.69) is 0 Å². The van der Waals surface area contributed by atoms with Crippen molar-refractivity contribution < 1.29 is 19.8 Å². The topological polar surface area (TPSA) is 101 Å². The SMILES string of the molecule is CC(C)C1=CC(C)(C(=O)O)CC(N)(C(=O)O)C1. The summed E-state index contributed by atoms with van der Waals surface area (Å²) in [6.45, 7) is 5.32. The maximum Gasteiger partial charge on any atom is 0.324 e. The fraction of sp³-hybridized carbons (Fsp3) is 0.667. The van der Waals surface area contributed by atoms with E-state index in [1.807, 2.05) is 13.8 Å². The molecule has 5 heteroatoms. The molecule has 0 aliphatic heterocycles. The molecule has 0 bridgehead atoms. The van der Waals surface area contributed by atoms with Gasteiger partial charge in [0, 0.05) is 0 Å². The van der Waals surface area contributed by atoms with Crippen LogP contribution in [0.4, 0.5) is 0 Å². The maximum atomic E-state index is 11.3. The van der Waals surface area contributed by atoms with Gasteiger partial charge < -0.3 is 15.9 Å². The molecule has 0 spiro atoms. The van der Waals surface area contributed by atoms with Crippen LogP contribution in [0.3, 0.4) is 0 Å². The van der Waals surface area contributed by atoms with E-state index in [9.17, 15) is 14.7 Å². The normalized spacial score (nSPS) is 33.4. The van der Waals surface area contributed by atoms with Crippen LogP contribution < -0.4 is 5.73 Å². The van der Waals surface area contributed by atoms with Crippen LogP contribution in [0.5, 0.6) is 0 Å². The number of aliphatic carboxylic acids is 2. The molecular formula is C12H19NO4. The molecule has 0 amide bonds. The molecule has 0 saturated heterocycles. The van der Waals surface area contributed by atoms with Crippen LogP contribution in [0, 0.1) is 11.3 Å². The van der Waals surface area contributed by atoms with Gasteiger partial charge in [-0.25, -0.2) is 0 Å². The first kappa shape index (κ1) is 13.7. The highest BCUT2D eigenvalue weighted by molar-refractivity contribution is 5.84. The second-order valence-electron chi connectivity index (χ2n) is 5.41. The lowest BCUT2D eigenvalue weighted by Gasteiger charge is -2.39. The van der Waals surface area contributed by atoms with E-state index < -0.39 is 22.9 Å². The average molecular weight is 241 g/mol. The van der Waals surface area contributed by atoms with Crippen LogP contribution in [0.1, 0.15) is 33.6 Å². The molecular weight excluding hydrogens is 222 g/mol. The summed E-state index contributed by atoms with van der Waals surface area (Å²) in [6.07, 6.45) is 1.79. The molecule has 5 nitrogen and oxygen atoms in total. The van der Waals surface area contributed by atoms with E-state index >= 15 is 0 Å². The molecule has 0 saturated carbocycles. The first-order chi connectivity index (χ1) is 7.61. The van der Waals surface area contributed by atoms with Crippen molar-refractivity contribution >= 4 is 11.9 Å². The summed E-state index contributed by atoms with van der Waals surface area (Å²) < 4.78 is 0. The lowest BCUT2D eigenvalue weighted by Crippen LogP contribution is -2.55. The van der Waals surface area contributed by atoms with Crippen molar-refractivity contribution in [2.24, 2.45) is 17.1 Å². The Morgan fingerprint density at radius 1 is 1.35 bits per heavy atom. The summed E-state index contributed by atoms with van der Waals surface area (Å²) in [5.74, 6) is -2.08. The van der Waals surface area contributed by atoms with Gasteiger partial charge in [-0.15, -0.1) is 0 Å². The first-order valence-electron chi connectivity index (χ1n) is 5.58. The van der Waals surface area contributed by atoms with E-state index in [1.54, 1.807) is 6.08 Å². The van der Waals surface area contributed by atoms with E-state index in [4.69, 9.17) is 10.8 Å². The minimum atomic E-state index is -1.48. The third-order valence-corrected chi connectivity index (χ3v) is 3.36. The molecule has 1 aliphatic rings. The predicted molar refractivity (Wildman–Crippen MR) is 62.5 cm³/mol. The fourth-order valence-electron chi connectivity index (χ4n) is 2.25. The Bertz CT molecular complexity index is 388. The lowest BCUT2D eigenvalue weighted by molar-refractivity contribution is -0.150. The molecule has 1 rings (SSSR count). The molecule has 0 heterocycles. The van der Waals surface area contributed by atoms with Crippen LogP contribution in [0.15, 0.2) is 11.6 Å². The van der Waals surface area contributed by atoms with Gasteiger partial charge in [0.1, 0.15) is 5.54 Å². The van der Waals surface area contributed by atoms with E-state index in [0.717, 1.165) is 5.57 Å². The number of rotatable bonds is 3. The Balaban J connectivity index is 3.24. The molecule has 0 fully saturated rings. The van der Waals surface area contributed by atoms with Crippen molar-refractivity contribution in [3.8, 4) is 0 Å². The predicted octanol–water partition coefficient (Wildman–Crippen LogP) is 1.24. The molecule has 17 heavy (non-hydrogen) atoms. The number of carboxylic acid groups (broad SMARTS) is 2. The summed E-state index contributed by atoms with van der Waals surface area (Å²) in [5.41, 5.74) is 3.95. The van der Waals surface area contributed by atoms with Crippen molar-refractivity contribution in [1.82, 2.24) is 0 Å². The highest BCUT2D eigenvalue weighted by atomic mass is 16.4. The van der Waals surface area contributed by atoms with Gasteiger partial charge in [-0.05, 0) is 25.7 Å². The largest absolute Gasteiger partial charge is 0.481 e. The molecule has 1 aliphatic carbocycles.